The maximum atomic E-state index is 14.3. The molecular weight excluding hydrogens is 466 g/mol. The first kappa shape index (κ1) is 25.1. The number of nitrogens with zero attached hydrogens (tertiary/aromatic N) is 2. The van der Waals surface area contributed by atoms with Crippen LogP contribution in [-0.4, -0.2) is 61.2 Å². The fraction of sp³-hybridized carbons (Fsp3) is 0.440. The van der Waals surface area contributed by atoms with Crippen LogP contribution in [0, 0.1) is 5.82 Å². The van der Waals surface area contributed by atoms with Crippen molar-refractivity contribution in [1.82, 2.24) is 10.2 Å². The summed E-state index contributed by atoms with van der Waals surface area (Å²) in [6, 6.07) is 7.73. The number of likely N-dealkylation sites (N-methyl/N-ethyl adjacent to an activating group) is 1. The van der Waals surface area contributed by atoms with Gasteiger partial charge in [-0.1, -0.05) is 6.07 Å². The summed E-state index contributed by atoms with van der Waals surface area (Å²) in [5.74, 6) is -1.42. The molecule has 1 unspecified atom stereocenters. The van der Waals surface area contributed by atoms with E-state index in [1.807, 2.05) is 4.90 Å². The molecule has 2 heterocycles. The summed E-state index contributed by atoms with van der Waals surface area (Å²) >= 11 is 0. The standard InChI is InChI=1S/C25H27F4N3O3/c1-31-22-5-2-15(10-17(22)11-23(31)34)24(35)30-8-6-19(33)14-32-9-7-16(13-32)20-4-3-18(12-21(20)26)25(27,28)29/h2-5,10,12,16,19,33H,6-9,11,13-14H2,1H3,(H,30,35)/t16?,19-/m1/s1. The number of amides is 2. The molecule has 0 saturated carbocycles. The van der Waals surface area contributed by atoms with Gasteiger partial charge in [0, 0.05) is 43.9 Å². The first-order chi connectivity index (χ1) is 16.5. The van der Waals surface area contributed by atoms with Crippen molar-refractivity contribution < 1.29 is 32.3 Å². The number of hydrogen-bond donors (Lipinski definition) is 2. The number of β-amino-alcohol motifs (C(OH)–C–C–N with tert-alkyl or cyclic N) is 1. The van der Waals surface area contributed by atoms with Gasteiger partial charge in [0.15, 0.2) is 0 Å². The van der Waals surface area contributed by atoms with Crippen LogP contribution in [0.4, 0.5) is 23.2 Å². The maximum Gasteiger partial charge on any atom is 0.416 e. The van der Waals surface area contributed by atoms with Gasteiger partial charge in [-0.3, -0.25) is 9.59 Å². The van der Waals surface area contributed by atoms with Crippen LogP contribution in [0.25, 0.3) is 0 Å². The van der Waals surface area contributed by atoms with Gasteiger partial charge in [0.1, 0.15) is 5.82 Å². The first-order valence-electron chi connectivity index (χ1n) is 11.5. The molecule has 4 rings (SSSR count). The van der Waals surface area contributed by atoms with E-state index in [0.29, 0.717) is 44.1 Å². The third-order valence-electron chi connectivity index (χ3n) is 6.69. The Morgan fingerprint density at radius 3 is 2.71 bits per heavy atom. The van der Waals surface area contributed by atoms with Crippen molar-refractivity contribution in [3.05, 3.63) is 64.5 Å². The van der Waals surface area contributed by atoms with Crippen LogP contribution >= 0.6 is 0 Å². The van der Waals surface area contributed by atoms with Gasteiger partial charge in [-0.2, -0.15) is 13.2 Å². The largest absolute Gasteiger partial charge is 0.416 e. The van der Waals surface area contributed by atoms with Gasteiger partial charge < -0.3 is 20.2 Å². The Kier molecular flexibility index (Phi) is 7.14. The molecule has 0 aromatic heterocycles. The molecule has 0 bridgehead atoms. The molecule has 6 nitrogen and oxygen atoms in total. The van der Waals surface area contributed by atoms with Crippen LogP contribution in [0.1, 0.15) is 45.8 Å². The summed E-state index contributed by atoms with van der Waals surface area (Å²) in [5.41, 5.74) is 1.29. The molecule has 10 heteroatoms. The van der Waals surface area contributed by atoms with E-state index in [1.165, 1.54) is 6.07 Å². The summed E-state index contributed by atoms with van der Waals surface area (Å²) in [5, 5.41) is 13.2. The van der Waals surface area contributed by atoms with E-state index >= 15 is 0 Å². The van der Waals surface area contributed by atoms with E-state index < -0.39 is 23.7 Å². The zero-order valence-corrected chi connectivity index (χ0v) is 19.2. The molecule has 2 aliphatic heterocycles. The molecule has 2 amide bonds. The highest BCUT2D eigenvalue weighted by Crippen LogP contribution is 2.34. The quantitative estimate of drug-likeness (QED) is 0.581. The van der Waals surface area contributed by atoms with E-state index in [9.17, 15) is 32.3 Å². The number of aliphatic hydroxyl groups is 1. The van der Waals surface area contributed by atoms with Crippen LogP contribution in [0.2, 0.25) is 0 Å². The number of halogens is 4. The summed E-state index contributed by atoms with van der Waals surface area (Å²) in [6.45, 7) is 1.60. The van der Waals surface area contributed by atoms with Crippen molar-refractivity contribution in [2.75, 3.05) is 38.1 Å². The van der Waals surface area contributed by atoms with E-state index in [4.69, 9.17) is 0 Å². The SMILES string of the molecule is CN1C(=O)Cc2cc(C(=O)NCC[C@@H](O)CN3CCC(c4ccc(C(F)(F)F)cc4F)C3)ccc21. The normalized spacial score (nSPS) is 19.2. The monoisotopic (exact) mass is 493 g/mol. The number of anilines is 1. The summed E-state index contributed by atoms with van der Waals surface area (Å²) < 4.78 is 52.6. The van der Waals surface area contributed by atoms with Gasteiger partial charge in [0.25, 0.3) is 5.91 Å². The van der Waals surface area contributed by atoms with Crippen LogP contribution < -0.4 is 10.2 Å². The third-order valence-corrected chi connectivity index (χ3v) is 6.69. The van der Waals surface area contributed by atoms with Crippen molar-refractivity contribution >= 4 is 17.5 Å². The van der Waals surface area contributed by atoms with E-state index in [2.05, 4.69) is 5.32 Å². The minimum absolute atomic E-state index is 0.0223. The van der Waals surface area contributed by atoms with Gasteiger partial charge >= 0.3 is 6.18 Å². The van der Waals surface area contributed by atoms with Crippen molar-refractivity contribution in [3.63, 3.8) is 0 Å². The predicted molar refractivity (Wildman–Crippen MR) is 122 cm³/mol. The number of alkyl halides is 3. The minimum Gasteiger partial charge on any atom is -0.392 e. The number of carbonyl (C=O) groups excluding carboxylic acids is 2. The third kappa shape index (κ3) is 5.65. The van der Waals surface area contributed by atoms with Gasteiger partial charge in [-0.05, 0) is 60.8 Å². The van der Waals surface area contributed by atoms with Crippen LogP contribution in [0.5, 0.6) is 0 Å². The molecule has 2 N–H and O–H groups in total. The van der Waals surface area contributed by atoms with Gasteiger partial charge in [0.2, 0.25) is 5.91 Å². The number of carbonyl (C=O) groups is 2. The number of benzene rings is 2. The molecule has 2 aromatic rings. The lowest BCUT2D eigenvalue weighted by Crippen LogP contribution is -2.34. The lowest BCUT2D eigenvalue weighted by molar-refractivity contribution is -0.137. The fourth-order valence-electron chi connectivity index (χ4n) is 4.74. The van der Waals surface area contributed by atoms with Gasteiger partial charge in [0.05, 0.1) is 18.1 Å². The highest BCUT2D eigenvalue weighted by molar-refractivity contribution is 6.03. The summed E-state index contributed by atoms with van der Waals surface area (Å²) in [6.07, 6.45) is -4.15. The molecule has 1 fully saturated rings. The molecular formula is C25H27F4N3O3. The highest BCUT2D eigenvalue weighted by atomic mass is 19.4. The van der Waals surface area contributed by atoms with E-state index in [0.717, 1.165) is 17.3 Å². The number of fused-ring (bicyclic) bond motifs is 1. The zero-order chi connectivity index (χ0) is 25.3. The number of likely N-dealkylation sites (tertiary alicyclic amines) is 1. The number of aliphatic hydroxyl groups excluding tert-OH is 1. The Balaban J connectivity index is 1.23. The van der Waals surface area contributed by atoms with E-state index in [1.54, 1.807) is 30.1 Å². The molecule has 0 spiro atoms. The summed E-state index contributed by atoms with van der Waals surface area (Å²) in [7, 11) is 1.69. The second kappa shape index (κ2) is 9.94. The smallest absolute Gasteiger partial charge is 0.392 e. The predicted octanol–water partition coefficient (Wildman–Crippen LogP) is 3.33. The number of nitrogens with one attached hydrogen (secondary N) is 1. The second-order valence-electron chi connectivity index (χ2n) is 9.15. The lowest BCUT2D eigenvalue weighted by atomic mass is 9.96. The molecule has 2 aromatic carbocycles. The topological polar surface area (TPSA) is 72.9 Å². The Labute approximate surface area is 200 Å². The molecule has 0 aliphatic carbocycles. The van der Waals surface area contributed by atoms with Crippen LogP contribution in [-0.2, 0) is 17.4 Å². The first-order valence-corrected chi connectivity index (χ1v) is 11.5. The second-order valence-corrected chi connectivity index (χ2v) is 9.15. The molecule has 188 valence electrons. The number of rotatable bonds is 7. The molecule has 2 aliphatic rings. The average Bonchev–Trinajstić information content (AvgIpc) is 3.36. The van der Waals surface area contributed by atoms with Crippen molar-refractivity contribution in [3.8, 4) is 0 Å². The Morgan fingerprint density at radius 1 is 1.23 bits per heavy atom. The lowest BCUT2D eigenvalue weighted by Gasteiger charge is -2.20. The van der Waals surface area contributed by atoms with Crippen molar-refractivity contribution in [1.29, 1.82) is 0 Å². The van der Waals surface area contributed by atoms with Gasteiger partial charge in [-0.15, -0.1) is 0 Å². The summed E-state index contributed by atoms with van der Waals surface area (Å²) in [4.78, 5) is 27.8. The van der Waals surface area contributed by atoms with Crippen molar-refractivity contribution in [2.24, 2.45) is 0 Å². The zero-order valence-electron chi connectivity index (χ0n) is 19.2. The van der Waals surface area contributed by atoms with Crippen LogP contribution in [0.3, 0.4) is 0 Å². The van der Waals surface area contributed by atoms with Gasteiger partial charge in [-0.25, -0.2) is 4.39 Å². The molecule has 2 atom stereocenters. The number of hydrogen-bond acceptors (Lipinski definition) is 4. The van der Waals surface area contributed by atoms with E-state index in [-0.39, 0.29) is 36.3 Å². The Morgan fingerprint density at radius 2 is 2.00 bits per heavy atom. The molecule has 0 radical (unpaired) electrons. The highest BCUT2D eigenvalue weighted by Gasteiger charge is 2.33. The minimum atomic E-state index is -4.59. The Bertz CT molecular complexity index is 1120. The average molecular weight is 494 g/mol. The van der Waals surface area contributed by atoms with Crippen LogP contribution in [0.15, 0.2) is 36.4 Å². The van der Waals surface area contributed by atoms with Crippen molar-refractivity contribution in [2.45, 2.75) is 37.5 Å². The maximum absolute atomic E-state index is 14.3. The molecule has 1 saturated heterocycles. The fourth-order valence-corrected chi connectivity index (χ4v) is 4.74. The molecule has 35 heavy (non-hydrogen) atoms. The Hall–Kier alpha value is -2.98.